The first-order valence-electron chi connectivity index (χ1n) is 3.97. The summed E-state index contributed by atoms with van der Waals surface area (Å²) in [6.07, 6.45) is 2.74. The van der Waals surface area contributed by atoms with Gasteiger partial charge < -0.3 is 5.11 Å². The first-order chi connectivity index (χ1) is 5.24. The van der Waals surface area contributed by atoms with Crippen molar-refractivity contribution in [2.75, 3.05) is 0 Å². The lowest BCUT2D eigenvalue weighted by atomic mass is 9.88. The highest BCUT2D eigenvalue weighted by molar-refractivity contribution is 8.04. The molecule has 0 amide bonds. The summed E-state index contributed by atoms with van der Waals surface area (Å²) in [6, 6.07) is 0. The molecule has 0 aromatic carbocycles. The number of thiocyanates is 1. The van der Waals surface area contributed by atoms with E-state index in [1.165, 1.54) is 11.8 Å². The normalized spacial score (nSPS) is 38.1. The summed E-state index contributed by atoms with van der Waals surface area (Å²) in [5, 5.41) is 20.1. The number of nitriles is 1. The quantitative estimate of drug-likeness (QED) is 0.611. The highest BCUT2D eigenvalue weighted by Gasteiger charge is 2.27. The van der Waals surface area contributed by atoms with Crippen LogP contribution in [-0.2, 0) is 0 Å². The van der Waals surface area contributed by atoms with Crippen LogP contribution in [-0.4, -0.2) is 16.5 Å². The Kier molecular flexibility index (Phi) is 3.22. The highest BCUT2D eigenvalue weighted by atomic mass is 32.2. The van der Waals surface area contributed by atoms with Gasteiger partial charge in [0.05, 0.1) is 6.10 Å². The number of hydrogen-bond donors (Lipinski definition) is 1. The van der Waals surface area contributed by atoms with E-state index >= 15 is 0 Å². The molecule has 1 aliphatic carbocycles. The van der Waals surface area contributed by atoms with Gasteiger partial charge in [0.15, 0.2) is 0 Å². The van der Waals surface area contributed by atoms with Gasteiger partial charge in [-0.1, -0.05) is 6.92 Å². The Bertz CT molecular complexity index is 166. The topological polar surface area (TPSA) is 44.0 Å². The highest BCUT2D eigenvalue weighted by Crippen LogP contribution is 2.31. The molecule has 1 aliphatic rings. The Morgan fingerprint density at radius 2 is 2.27 bits per heavy atom. The zero-order valence-corrected chi connectivity index (χ0v) is 7.47. The van der Waals surface area contributed by atoms with E-state index in [4.69, 9.17) is 5.26 Å². The monoisotopic (exact) mass is 171 g/mol. The number of nitrogens with zero attached hydrogens (tertiary/aromatic N) is 1. The lowest BCUT2D eigenvalue weighted by Crippen LogP contribution is -2.30. The molecule has 0 heterocycles. The van der Waals surface area contributed by atoms with Crippen molar-refractivity contribution in [2.45, 2.75) is 37.5 Å². The lowest BCUT2D eigenvalue weighted by molar-refractivity contribution is 0.113. The second-order valence-corrected chi connectivity index (χ2v) is 4.26. The SMILES string of the molecule is CC1CCC(SC#N)C(O)C1. The number of aliphatic hydroxyl groups excluding tert-OH is 1. The molecule has 1 rings (SSSR count). The van der Waals surface area contributed by atoms with Crippen LogP contribution in [0.25, 0.3) is 0 Å². The van der Waals surface area contributed by atoms with E-state index in [1.54, 1.807) is 0 Å². The fraction of sp³-hybridized carbons (Fsp3) is 0.875. The van der Waals surface area contributed by atoms with Crippen LogP contribution in [0.5, 0.6) is 0 Å². The zero-order valence-electron chi connectivity index (χ0n) is 6.66. The number of thioether (sulfide) groups is 1. The number of rotatable bonds is 1. The molecule has 62 valence electrons. The summed E-state index contributed by atoms with van der Waals surface area (Å²) in [4.78, 5) is 0. The predicted octanol–water partition coefficient (Wildman–Crippen LogP) is 1.75. The van der Waals surface area contributed by atoms with E-state index < -0.39 is 0 Å². The molecule has 11 heavy (non-hydrogen) atoms. The molecule has 0 spiro atoms. The van der Waals surface area contributed by atoms with E-state index in [9.17, 15) is 5.11 Å². The minimum atomic E-state index is -0.261. The van der Waals surface area contributed by atoms with Crippen molar-refractivity contribution in [1.29, 1.82) is 5.26 Å². The second kappa shape index (κ2) is 3.99. The van der Waals surface area contributed by atoms with Crippen LogP contribution in [0.3, 0.4) is 0 Å². The molecule has 1 fully saturated rings. The number of aliphatic hydroxyl groups is 1. The largest absolute Gasteiger partial charge is 0.392 e. The summed E-state index contributed by atoms with van der Waals surface area (Å²) in [5.74, 6) is 0.626. The summed E-state index contributed by atoms with van der Waals surface area (Å²) in [6.45, 7) is 2.15. The van der Waals surface area contributed by atoms with E-state index in [2.05, 4.69) is 6.92 Å². The van der Waals surface area contributed by atoms with E-state index in [-0.39, 0.29) is 11.4 Å². The van der Waals surface area contributed by atoms with Crippen molar-refractivity contribution in [3.8, 4) is 5.40 Å². The third kappa shape index (κ3) is 2.39. The molecule has 2 nitrogen and oxygen atoms in total. The van der Waals surface area contributed by atoms with Crippen LogP contribution in [0.2, 0.25) is 0 Å². The van der Waals surface area contributed by atoms with Gasteiger partial charge in [0.25, 0.3) is 0 Å². The second-order valence-electron chi connectivity index (χ2n) is 3.23. The van der Waals surface area contributed by atoms with Crippen molar-refractivity contribution in [3.63, 3.8) is 0 Å². The molecule has 0 aromatic rings. The molecule has 3 heteroatoms. The minimum Gasteiger partial charge on any atom is -0.392 e. The van der Waals surface area contributed by atoms with Gasteiger partial charge in [0.1, 0.15) is 5.40 Å². The Morgan fingerprint density at radius 3 is 2.82 bits per heavy atom. The van der Waals surface area contributed by atoms with Gasteiger partial charge in [-0.05, 0) is 36.9 Å². The first kappa shape index (κ1) is 8.89. The molecule has 1 saturated carbocycles. The molecule has 3 unspecified atom stereocenters. The Labute approximate surface area is 71.6 Å². The molecular weight excluding hydrogens is 158 g/mol. The molecule has 0 saturated heterocycles. The van der Waals surface area contributed by atoms with Crippen LogP contribution in [0.4, 0.5) is 0 Å². The molecule has 1 N–H and O–H groups in total. The van der Waals surface area contributed by atoms with E-state index in [0.717, 1.165) is 19.3 Å². The Balaban J connectivity index is 2.39. The maximum atomic E-state index is 9.50. The Hall–Kier alpha value is -0.200. The smallest absolute Gasteiger partial charge is 0.133 e. The van der Waals surface area contributed by atoms with Crippen LogP contribution >= 0.6 is 11.8 Å². The predicted molar refractivity (Wildman–Crippen MR) is 46.0 cm³/mol. The maximum absolute atomic E-state index is 9.50. The van der Waals surface area contributed by atoms with Crippen molar-refractivity contribution in [1.82, 2.24) is 0 Å². The van der Waals surface area contributed by atoms with Gasteiger partial charge in [-0.3, -0.25) is 0 Å². The van der Waals surface area contributed by atoms with Crippen molar-refractivity contribution in [3.05, 3.63) is 0 Å². The van der Waals surface area contributed by atoms with Gasteiger partial charge >= 0.3 is 0 Å². The van der Waals surface area contributed by atoms with Crippen LogP contribution in [0.15, 0.2) is 0 Å². The molecule has 0 radical (unpaired) electrons. The molecule has 3 atom stereocenters. The lowest BCUT2D eigenvalue weighted by Gasteiger charge is -2.28. The first-order valence-corrected chi connectivity index (χ1v) is 4.84. The summed E-state index contributed by atoms with van der Waals surface area (Å²) in [7, 11) is 0. The summed E-state index contributed by atoms with van der Waals surface area (Å²) < 4.78 is 0. The third-order valence-corrected chi connectivity index (χ3v) is 3.18. The zero-order chi connectivity index (χ0) is 8.27. The van der Waals surface area contributed by atoms with Crippen LogP contribution in [0, 0.1) is 16.6 Å². The van der Waals surface area contributed by atoms with Crippen molar-refractivity contribution < 1.29 is 5.11 Å². The molecule has 0 aliphatic heterocycles. The van der Waals surface area contributed by atoms with Crippen LogP contribution < -0.4 is 0 Å². The summed E-state index contributed by atoms with van der Waals surface area (Å²) >= 11 is 1.22. The molecule has 0 bridgehead atoms. The number of hydrogen-bond acceptors (Lipinski definition) is 3. The standard InChI is InChI=1S/C8H13NOS/c1-6-2-3-8(11-5-9)7(10)4-6/h6-8,10H,2-4H2,1H3. The maximum Gasteiger partial charge on any atom is 0.133 e. The fourth-order valence-electron chi connectivity index (χ4n) is 1.53. The average molecular weight is 171 g/mol. The van der Waals surface area contributed by atoms with E-state index in [0.29, 0.717) is 5.92 Å². The van der Waals surface area contributed by atoms with Gasteiger partial charge in [0.2, 0.25) is 0 Å². The minimum absolute atomic E-state index is 0.163. The third-order valence-electron chi connectivity index (χ3n) is 2.22. The fourth-order valence-corrected chi connectivity index (χ4v) is 2.19. The van der Waals surface area contributed by atoms with Gasteiger partial charge in [-0.2, -0.15) is 5.26 Å². The van der Waals surface area contributed by atoms with Crippen LogP contribution in [0.1, 0.15) is 26.2 Å². The van der Waals surface area contributed by atoms with Gasteiger partial charge in [-0.25, -0.2) is 0 Å². The molecular formula is C8H13NOS. The Morgan fingerprint density at radius 1 is 1.55 bits per heavy atom. The molecule has 0 aromatic heterocycles. The van der Waals surface area contributed by atoms with Gasteiger partial charge in [0, 0.05) is 5.25 Å². The van der Waals surface area contributed by atoms with Gasteiger partial charge in [-0.15, -0.1) is 0 Å². The van der Waals surface area contributed by atoms with E-state index in [1.807, 2.05) is 5.40 Å². The average Bonchev–Trinajstić information content (AvgIpc) is 1.95. The van der Waals surface area contributed by atoms with Crippen molar-refractivity contribution in [2.24, 2.45) is 5.92 Å². The van der Waals surface area contributed by atoms with Crippen molar-refractivity contribution >= 4 is 11.8 Å². The summed E-state index contributed by atoms with van der Waals surface area (Å²) in [5.41, 5.74) is 0.